The number of rotatable bonds is 8. The molecule has 2 saturated heterocycles. The fourth-order valence-corrected chi connectivity index (χ4v) is 5.53. The SMILES string of the molecule is O=C(NCc1ccccc1)Nc1cccc([C@H]2O[C@@H](CN3CCCCCCC3)C[C@@H](c3ccc(CO)cc3)O2)c1. The predicted octanol–water partition coefficient (Wildman–Crippen LogP) is 6.31. The van der Waals surface area contributed by atoms with Crippen LogP contribution in [0.25, 0.3) is 0 Å². The molecular formula is C33H41N3O4. The number of aliphatic hydroxyl groups excluding tert-OH is 1. The second-order valence-electron chi connectivity index (χ2n) is 10.8. The van der Waals surface area contributed by atoms with Gasteiger partial charge in [0.25, 0.3) is 0 Å². The molecule has 7 nitrogen and oxygen atoms in total. The maximum Gasteiger partial charge on any atom is 0.319 e. The van der Waals surface area contributed by atoms with Gasteiger partial charge in [0.1, 0.15) is 0 Å². The molecule has 0 saturated carbocycles. The standard InChI is InChI=1S/C33H41N3O4/c37-24-26-14-16-27(17-15-26)31-21-30(23-36-18-7-2-1-3-8-19-36)39-32(40-31)28-12-9-13-29(20-28)35-33(38)34-22-25-10-5-4-6-11-25/h4-6,9-17,20,30-32,37H,1-3,7-8,18-19,21-24H2,(H2,34,35,38)/t30-,31+,32+/m1/s1. The van der Waals surface area contributed by atoms with Crippen LogP contribution in [0.1, 0.15) is 73.2 Å². The molecule has 2 heterocycles. The van der Waals surface area contributed by atoms with E-state index in [1.165, 1.54) is 32.1 Å². The van der Waals surface area contributed by atoms with Crippen molar-refractivity contribution in [2.45, 2.75) is 70.2 Å². The number of ether oxygens (including phenoxy) is 2. The zero-order valence-electron chi connectivity index (χ0n) is 23.1. The van der Waals surface area contributed by atoms with Crippen LogP contribution in [0.5, 0.6) is 0 Å². The lowest BCUT2D eigenvalue weighted by molar-refractivity contribution is -0.253. The van der Waals surface area contributed by atoms with Gasteiger partial charge in [0.15, 0.2) is 6.29 Å². The lowest BCUT2D eigenvalue weighted by Gasteiger charge is -2.39. The number of benzene rings is 3. The Hall–Kier alpha value is -3.23. The van der Waals surface area contributed by atoms with Gasteiger partial charge in [-0.2, -0.15) is 0 Å². The maximum absolute atomic E-state index is 12.6. The molecule has 3 aromatic carbocycles. The first-order chi connectivity index (χ1) is 19.7. The Bertz CT molecular complexity index is 1200. The fourth-order valence-electron chi connectivity index (χ4n) is 5.53. The minimum atomic E-state index is -0.551. The second-order valence-corrected chi connectivity index (χ2v) is 10.8. The highest BCUT2D eigenvalue weighted by Gasteiger charge is 2.33. The minimum Gasteiger partial charge on any atom is -0.392 e. The predicted molar refractivity (Wildman–Crippen MR) is 157 cm³/mol. The van der Waals surface area contributed by atoms with Gasteiger partial charge in [0, 0.05) is 30.8 Å². The Kier molecular flexibility index (Phi) is 10.2. The van der Waals surface area contributed by atoms with Gasteiger partial charge in [-0.15, -0.1) is 0 Å². The van der Waals surface area contributed by atoms with Crippen molar-refractivity contribution >= 4 is 11.7 Å². The first-order valence-corrected chi connectivity index (χ1v) is 14.6. The van der Waals surface area contributed by atoms with E-state index in [0.717, 1.165) is 48.3 Å². The molecule has 212 valence electrons. The van der Waals surface area contributed by atoms with Crippen molar-refractivity contribution in [3.63, 3.8) is 0 Å². The van der Waals surface area contributed by atoms with E-state index in [-0.39, 0.29) is 24.8 Å². The van der Waals surface area contributed by atoms with Gasteiger partial charge in [-0.3, -0.25) is 0 Å². The summed E-state index contributed by atoms with van der Waals surface area (Å²) in [4.78, 5) is 15.1. The van der Waals surface area contributed by atoms with E-state index >= 15 is 0 Å². The number of urea groups is 1. The number of carbonyl (C=O) groups excluding carboxylic acids is 1. The van der Waals surface area contributed by atoms with Gasteiger partial charge in [-0.05, 0) is 54.8 Å². The minimum absolute atomic E-state index is 0.0199. The molecule has 5 rings (SSSR count). The molecule has 3 atom stereocenters. The van der Waals surface area contributed by atoms with Crippen molar-refractivity contribution in [1.29, 1.82) is 0 Å². The molecule has 0 spiro atoms. The van der Waals surface area contributed by atoms with E-state index in [1.54, 1.807) is 0 Å². The molecule has 3 N–H and O–H groups in total. The van der Waals surface area contributed by atoms with Crippen LogP contribution < -0.4 is 10.6 Å². The number of carbonyl (C=O) groups is 1. The fraction of sp³-hybridized carbons (Fsp3) is 0.424. The number of nitrogens with zero attached hydrogens (tertiary/aromatic N) is 1. The van der Waals surface area contributed by atoms with Crippen LogP contribution in [0.3, 0.4) is 0 Å². The lowest BCUT2D eigenvalue weighted by atomic mass is 9.99. The number of hydrogen-bond donors (Lipinski definition) is 3. The molecule has 0 aromatic heterocycles. The van der Waals surface area contributed by atoms with Crippen LogP contribution in [0, 0.1) is 0 Å². The molecule has 3 aromatic rings. The smallest absolute Gasteiger partial charge is 0.319 e. The second kappa shape index (κ2) is 14.4. The lowest BCUT2D eigenvalue weighted by Crippen LogP contribution is -2.40. The monoisotopic (exact) mass is 543 g/mol. The van der Waals surface area contributed by atoms with E-state index in [0.29, 0.717) is 12.2 Å². The van der Waals surface area contributed by atoms with Gasteiger partial charge >= 0.3 is 6.03 Å². The number of amides is 2. The van der Waals surface area contributed by atoms with Crippen molar-refractivity contribution in [3.05, 3.63) is 101 Å². The van der Waals surface area contributed by atoms with Gasteiger partial charge in [-0.1, -0.05) is 86.0 Å². The summed E-state index contributed by atoms with van der Waals surface area (Å²) >= 11 is 0. The van der Waals surface area contributed by atoms with Crippen molar-refractivity contribution in [2.75, 3.05) is 25.0 Å². The molecular weight excluding hydrogens is 502 g/mol. The Morgan fingerprint density at radius 3 is 2.33 bits per heavy atom. The molecule has 7 heteroatoms. The number of aliphatic hydroxyl groups is 1. The average Bonchev–Trinajstić information content (AvgIpc) is 2.98. The quantitative estimate of drug-likeness (QED) is 0.310. The first kappa shape index (κ1) is 28.3. The van der Waals surface area contributed by atoms with E-state index < -0.39 is 6.29 Å². The van der Waals surface area contributed by atoms with Crippen LogP contribution in [0.15, 0.2) is 78.9 Å². The third kappa shape index (κ3) is 8.15. The third-order valence-electron chi connectivity index (χ3n) is 7.74. The van der Waals surface area contributed by atoms with Crippen LogP contribution in [-0.2, 0) is 22.6 Å². The van der Waals surface area contributed by atoms with E-state index in [4.69, 9.17) is 9.47 Å². The van der Waals surface area contributed by atoms with E-state index in [2.05, 4.69) is 15.5 Å². The summed E-state index contributed by atoms with van der Waals surface area (Å²) in [7, 11) is 0. The van der Waals surface area contributed by atoms with Crippen molar-refractivity contribution in [1.82, 2.24) is 10.2 Å². The molecule has 0 bridgehead atoms. The highest BCUT2D eigenvalue weighted by Crippen LogP contribution is 2.38. The summed E-state index contributed by atoms with van der Waals surface area (Å²) in [6, 6.07) is 25.3. The molecule has 2 fully saturated rings. The molecule has 2 amide bonds. The number of anilines is 1. The molecule has 0 radical (unpaired) electrons. The Morgan fingerprint density at radius 1 is 0.825 bits per heavy atom. The van der Waals surface area contributed by atoms with Crippen LogP contribution in [0.2, 0.25) is 0 Å². The molecule has 0 aliphatic carbocycles. The molecule has 0 unspecified atom stereocenters. The van der Waals surface area contributed by atoms with Crippen LogP contribution >= 0.6 is 0 Å². The maximum atomic E-state index is 12.6. The first-order valence-electron chi connectivity index (χ1n) is 14.6. The summed E-state index contributed by atoms with van der Waals surface area (Å²) in [5.41, 5.74) is 4.56. The van der Waals surface area contributed by atoms with Gasteiger partial charge in [0.2, 0.25) is 0 Å². The van der Waals surface area contributed by atoms with E-state index in [1.807, 2.05) is 78.9 Å². The van der Waals surface area contributed by atoms with Crippen molar-refractivity contribution in [3.8, 4) is 0 Å². The van der Waals surface area contributed by atoms with Gasteiger partial charge < -0.3 is 30.1 Å². The van der Waals surface area contributed by atoms with E-state index in [9.17, 15) is 9.90 Å². The van der Waals surface area contributed by atoms with Crippen molar-refractivity contribution in [2.24, 2.45) is 0 Å². The third-order valence-corrected chi connectivity index (χ3v) is 7.74. The highest BCUT2D eigenvalue weighted by atomic mass is 16.7. The number of likely N-dealkylation sites (tertiary alicyclic amines) is 1. The normalized spacial score (nSPS) is 22.2. The summed E-state index contributed by atoms with van der Waals surface area (Å²) in [5.74, 6) is 0. The number of hydrogen-bond acceptors (Lipinski definition) is 5. The summed E-state index contributed by atoms with van der Waals surface area (Å²) in [6.07, 6.45) is 6.51. The zero-order chi connectivity index (χ0) is 27.6. The molecule has 2 aliphatic rings. The zero-order valence-corrected chi connectivity index (χ0v) is 23.1. The van der Waals surface area contributed by atoms with Crippen LogP contribution in [-0.4, -0.2) is 41.8 Å². The topological polar surface area (TPSA) is 83.1 Å². The average molecular weight is 544 g/mol. The van der Waals surface area contributed by atoms with Gasteiger partial charge in [0.05, 0.1) is 18.8 Å². The van der Waals surface area contributed by atoms with Crippen molar-refractivity contribution < 1.29 is 19.4 Å². The molecule has 40 heavy (non-hydrogen) atoms. The Balaban J connectivity index is 1.28. The largest absolute Gasteiger partial charge is 0.392 e. The summed E-state index contributed by atoms with van der Waals surface area (Å²) in [5, 5.41) is 15.3. The number of nitrogens with one attached hydrogen (secondary N) is 2. The molecule has 2 aliphatic heterocycles. The Labute approximate surface area is 237 Å². The summed E-state index contributed by atoms with van der Waals surface area (Å²) < 4.78 is 13.1. The highest BCUT2D eigenvalue weighted by molar-refractivity contribution is 5.89. The van der Waals surface area contributed by atoms with Gasteiger partial charge in [-0.25, -0.2) is 4.79 Å². The van der Waals surface area contributed by atoms with Crippen LogP contribution in [0.4, 0.5) is 10.5 Å². The Morgan fingerprint density at radius 2 is 1.57 bits per heavy atom. The summed E-state index contributed by atoms with van der Waals surface area (Å²) in [6.45, 7) is 3.58.